The largest absolute Gasteiger partial charge is 0.350 e. The highest BCUT2D eigenvalue weighted by atomic mass is 35.5. The lowest BCUT2D eigenvalue weighted by Gasteiger charge is -2.30. The van der Waals surface area contributed by atoms with Crippen LogP contribution in [0.3, 0.4) is 0 Å². The van der Waals surface area contributed by atoms with Crippen molar-refractivity contribution in [3.63, 3.8) is 0 Å². The molecule has 3 atom stereocenters. The molecule has 0 aliphatic carbocycles. The maximum absolute atomic E-state index is 13.9. The van der Waals surface area contributed by atoms with Crippen molar-refractivity contribution in [2.75, 3.05) is 39.3 Å². The summed E-state index contributed by atoms with van der Waals surface area (Å²) in [5.41, 5.74) is 1.91. The van der Waals surface area contributed by atoms with Gasteiger partial charge < -0.3 is 20.4 Å². The van der Waals surface area contributed by atoms with E-state index in [0.717, 1.165) is 49.5 Å². The fourth-order valence-electron chi connectivity index (χ4n) is 6.47. The van der Waals surface area contributed by atoms with Crippen LogP contribution in [-0.4, -0.2) is 73.0 Å². The van der Waals surface area contributed by atoms with Crippen molar-refractivity contribution in [3.05, 3.63) is 82.9 Å². The second kappa shape index (κ2) is 15.0. The van der Waals surface area contributed by atoms with Crippen molar-refractivity contribution in [1.29, 1.82) is 0 Å². The van der Waals surface area contributed by atoms with Crippen LogP contribution in [0, 0.1) is 0 Å². The van der Waals surface area contributed by atoms with E-state index in [2.05, 4.69) is 51.6 Å². The van der Waals surface area contributed by atoms with Crippen molar-refractivity contribution in [1.82, 2.24) is 20.4 Å². The Kier molecular flexibility index (Phi) is 10.9. The molecule has 2 amide bonds. The first-order valence-electron chi connectivity index (χ1n) is 15.8. The van der Waals surface area contributed by atoms with E-state index >= 15 is 0 Å². The predicted molar refractivity (Wildman–Crippen MR) is 172 cm³/mol. The second-order valence-corrected chi connectivity index (χ2v) is 12.4. The number of amides is 2. The summed E-state index contributed by atoms with van der Waals surface area (Å²) in [4.78, 5) is 31.7. The first kappa shape index (κ1) is 30.5. The smallest absolute Gasteiger partial charge is 0.251 e. The zero-order chi connectivity index (χ0) is 29.3. The Bertz CT molecular complexity index is 1330. The van der Waals surface area contributed by atoms with Gasteiger partial charge >= 0.3 is 0 Å². The Hall–Kier alpha value is -2.93. The number of fused-ring (bicyclic) bond motifs is 1. The number of halogens is 1. The van der Waals surface area contributed by atoms with Crippen LogP contribution < -0.4 is 10.6 Å². The van der Waals surface area contributed by atoms with Crippen LogP contribution in [0.1, 0.15) is 73.7 Å². The van der Waals surface area contributed by atoms with E-state index in [1.807, 2.05) is 42.5 Å². The van der Waals surface area contributed by atoms with E-state index in [0.29, 0.717) is 29.6 Å². The normalized spacial score (nSPS) is 20.8. The molecule has 3 aromatic rings. The van der Waals surface area contributed by atoms with Crippen LogP contribution in [0.5, 0.6) is 0 Å². The Balaban J connectivity index is 1.24. The van der Waals surface area contributed by atoms with E-state index in [4.69, 9.17) is 11.6 Å². The number of carbonyl (C=O) groups excluding carboxylic acids is 2. The minimum Gasteiger partial charge on any atom is -0.350 e. The van der Waals surface area contributed by atoms with E-state index < -0.39 is 0 Å². The van der Waals surface area contributed by atoms with Crippen LogP contribution in [-0.2, 0) is 4.79 Å². The number of nitrogens with one attached hydrogen (secondary N) is 2. The lowest BCUT2D eigenvalue weighted by Crippen LogP contribution is -2.49. The molecule has 0 spiro atoms. The average Bonchev–Trinajstić information content (AvgIpc) is 3.17. The van der Waals surface area contributed by atoms with Gasteiger partial charge in [0.15, 0.2) is 0 Å². The number of carbonyl (C=O) groups is 2. The van der Waals surface area contributed by atoms with E-state index in [1.54, 1.807) is 0 Å². The van der Waals surface area contributed by atoms with Crippen molar-refractivity contribution >= 4 is 34.2 Å². The molecular formula is C35H45ClN4O2. The summed E-state index contributed by atoms with van der Waals surface area (Å²) in [5.74, 6) is 0.408. The number of piperidine rings is 1. The van der Waals surface area contributed by atoms with Gasteiger partial charge in [0.2, 0.25) is 5.91 Å². The molecule has 2 heterocycles. The van der Waals surface area contributed by atoms with Gasteiger partial charge in [0, 0.05) is 42.2 Å². The van der Waals surface area contributed by atoms with E-state index in [-0.39, 0.29) is 23.9 Å². The second-order valence-electron chi connectivity index (χ2n) is 12.0. The SMILES string of the molecule is CCC(CN1CCC(CNC(=O)c2ccc3cc(Cl)ccc3c2)NC(CCCN2CCCCC2)C1=O)c1ccccc1. The maximum atomic E-state index is 13.9. The maximum Gasteiger partial charge on any atom is 0.251 e. The number of nitrogens with zero attached hydrogens (tertiary/aromatic N) is 2. The zero-order valence-corrected chi connectivity index (χ0v) is 25.6. The molecule has 5 rings (SSSR count). The third-order valence-electron chi connectivity index (χ3n) is 8.99. The van der Waals surface area contributed by atoms with Gasteiger partial charge in [-0.1, -0.05) is 67.4 Å². The van der Waals surface area contributed by atoms with Gasteiger partial charge in [0.05, 0.1) is 6.04 Å². The molecule has 3 unspecified atom stereocenters. The Labute approximate surface area is 255 Å². The predicted octanol–water partition coefficient (Wildman–Crippen LogP) is 6.24. The summed E-state index contributed by atoms with van der Waals surface area (Å²) in [6.45, 7) is 7.49. The van der Waals surface area contributed by atoms with Gasteiger partial charge in [-0.3, -0.25) is 9.59 Å². The van der Waals surface area contributed by atoms with Gasteiger partial charge in [-0.25, -0.2) is 0 Å². The molecule has 6 nitrogen and oxygen atoms in total. The van der Waals surface area contributed by atoms with Gasteiger partial charge in [-0.2, -0.15) is 0 Å². The highest BCUT2D eigenvalue weighted by Crippen LogP contribution is 2.24. The van der Waals surface area contributed by atoms with Gasteiger partial charge in [0.25, 0.3) is 5.91 Å². The highest BCUT2D eigenvalue weighted by molar-refractivity contribution is 6.31. The molecule has 0 aromatic heterocycles. The fraction of sp³-hybridized carbons (Fsp3) is 0.486. The Morgan fingerprint density at radius 3 is 2.55 bits per heavy atom. The van der Waals surface area contributed by atoms with Crippen LogP contribution in [0.15, 0.2) is 66.7 Å². The minimum absolute atomic E-state index is 0.0268. The summed E-state index contributed by atoms with van der Waals surface area (Å²) in [5, 5.41) is 9.49. The molecule has 7 heteroatoms. The van der Waals surface area contributed by atoms with Crippen LogP contribution in [0.25, 0.3) is 10.8 Å². The Morgan fingerprint density at radius 1 is 1.00 bits per heavy atom. The first-order chi connectivity index (χ1) is 20.5. The highest BCUT2D eigenvalue weighted by Gasteiger charge is 2.32. The first-order valence-corrected chi connectivity index (χ1v) is 16.2. The summed E-state index contributed by atoms with van der Waals surface area (Å²) in [6, 6.07) is 21.7. The standard InChI is InChI=1S/C35H45ClN4O2/c1-2-26(27-10-5-3-6-11-27)25-40-21-17-32(38-33(35(40)42)12-9-20-39-18-7-4-8-19-39)24-37-34(41)30-14-13-29-23-31(36)16-15-28(29)22-30/h3,5-6,10-11,13-16,22-23,26,32-33,38H,2,4,7-9,12,17-21,24-25H2,1H3,(H,37,41). The molecule has 2 aliphatic rings. The molecule has 0 radical (unpaired) electrons. The molecule has 2 saturated heterocycles. The molecule has 224 valence electrons. The van der Waals surface area contributed by atoms with Gasteiger partial charge in [0.1, 0.15) is 0 Å². The summed E-state index contributed by atoms with van der Waals surface area (Å²) < 4.78 is 0. The number of hydrogen-bond acceptors (Lipinski definition) is 4. The third kappa shape index (κ3) is 8.12. The zero-order valence-electron chi connectivity index (χ0n) is 24.9. The summed E-state index contributed by atoms with van der Waals surface area (Å²) >= 11 is 6.12. The molecule has 0 bridgehead atoms. The topological polar surface area (TPSA) is 64.7 Å². The van der Waals surface area contributed by atoms with E-state index in [9.17, 15) is 9.59 Å². The molecular weight excluding hydrogens is 544 g/mol. The molecule has 2 fully saturated rings. The third-order valence-corrected chi connectivity index (χ3v) is 9.22. The summed E-state index contributed by atoms with van der Waals surface area (Å²) in [7, 11) is 0. The Morgan fingerprint density at radius 2 is 1.76 bits per heavy atom. The lowest BCUT2D eigenvalue weighted by molar-refractivity contribution is -0.133. The molecule has 3 aromatic carbocycles. The van der Waals surface area contributed by atoms with Crippen LogP contribution >= 0.6 is 11.6 Å². The van der Waals surface area contributed by atoms with Crippen LogP contribution in [0.4, 0.5) is 0 Å². The van der Waals surface area contributed by atoms with E-state index in [1.165, 1.54) is 37.9 Å². The van der Waals surface area contributed by atoms with Crippen molar-refractivity contribution < 1.29 is 9.59 Å². The minimum atomic E-state index is -0.238. The van der Waals surface area contributed by atoms with Crippen molar-refractivity contribution in [2.45, 2.75) is 69.9 Å². The molecule has 0 saturated carbocycles. The fourth-order valence-corrected chi connectivity index (χ4v) is 6.65. The number of rotatable bonds is 11. The van der Waals surface area contributed by atoms with Crippen molar-refractivity contribution in [2.24, 2.45) is 0 Å². The molecule has 42 heavy (non-hydrogen) atoms. The number of benzene rings is 3. The number of likely N-dealkylation sites (tertiary alicyclic amines) is 1. The quantitative estimate of drug-likeness (QED) is 0.278. The number of hydrogen-bond donors (Lipinski definition) is 2. The van der Waals surface area contributed by atoms with Gasteiger partial charge in [-0.15, -0.1) is 0 Å². The average molecular weight is 589 g/mol. The van der Waals surface area contributed by atoms with Crippen molar-refractivity contribution in [3.8, 4) is 0 Å². The lowest BCUT2D eigenvalue weighted by atomic mass is 9.95. The summed E-state index contributed by atoms with van der Waals surface area (Å²) in [6.07, 6.45) is 7.47. The monoisotopic (exact) mass is 588 g/mol. The molecule has 2 N–H and O–H groups in total. The van der Waals surface area contributed by atoms with Crippen LogP contribution in [0.2, 0.25) is 5.02 Å². The molecule has 2 aliphatic heterocycles. The van der Waals surface area contributed by atoms with Gasteiger partial charge in [-0.05, 0) is 98.8 Å².